The molecule has 0 aliphatic carbocycles. The third-order valence-corrected chi connectivity index (χ3v) is 3.12. The fourth-order valence-electron chi connectivity index (χ4n) is 1.91. The molecule has 0 spiro atoms. The zero-order valence-electron chi connectivity index (χ0n) is 11.8. The first kappa shape index (κ1) is 16.2. The van der Waals surface area contributed by atoms with Crippen molar-refractivity contribution in [1.29, 1.82) is 0 Å². The fourth-order valence-corrected chi connectivity index (χ4v) is 1.91. The van der Waals surface area contributed by atoms with Crippen molar-refractivity contribution in [3.05, 3.63) is 29.8 Å². The van der Waals surface area contributed by atoms with Crippen molar-refractivity contribution in [2.45, 2.75) is 32.6 Å². The number of carboxylic acids is 1. The van der Waals surface area contributed by atoms with Crippen LogP contribution in [0.25, 0.3) is 0 Å². The molecule has 5 heteroatoms. The molecule has 4 N–H and O–H groups in total. The highest BCUT2D eigenvalue weighted by Gasteiger charge is 2.07. The lowest BCUT2D eigenvalue weighted by Gasteiger charge is -2.10. The van der Waals surface area contributed by atoms with Gasteiger partial charge in [0.25, 0.3) is 0 Å². The van der Waals surface area contributed by atoms with Crippen molar-refractivity contribution < 1.29 is 14.7 Å². The van der Waals surface area contributed by atoms with Crippen molar-refractivity contribution >= 4 is 17.6 Å². The number of hydrogen-bond acceptors (Lipinski definition) is 3. The van der Waals surface area contributed by atoms with E-state index in [-0.39, 0.29) is 12.3 Å². The maximum atomic E-state index is 11.7. The smallest absolute Gasteiger partial charge is 0.307 e. The summed E-state index contributed by atoms with van der Waals surface area (Å²) in [5, 5.41) is 11.5. The molecule has 0 radical (unpaired) electrons. The minimum absolute atomic E-state index is 0.00910. The van der Waals surface area contributed by atoms with Gasteiger partial charge in [-0.15, -0.1) is 0 Å². The summed E-state index contributed by atoms with van der Waals surface area (Å²) in [6.45, 7) is 2.73. The summed E-state index contributed by atoms with van der Waals surface area (Å²) in [7, 11) is 0. The Kier molecular flexibility index (Phi) is 6.73. The van der Waals surface area contributed by atoms with Gasteiger partial charge in [-0.2, -0.15) is 0 Å². The van der Waals surface area contributed by atoms with E-state index in [0.717, 1.165) is 12.8 Å². The molecule has 0 bridgehead atoms. The number of amides is 1. The molecule has 1 atom stereocenters. The lowest BCUT2D eigenvalue weighted by atomic mass is 10.0. The van der Waals surface area contributed by atoms with Gasteiger partial charge in [0, 0.05) is 12.1 Å². The number of nitrogens with one attached hydrogen (secondary N) is 1. The summed E-state index contributed by atoms with van der Waals surface area (Å²) in [4.78, 5) is 22.3. The van der Waals surface area contributed by atoms with Crippen LogP contribution in [-0.4, -0.2) is 23.5 Å². The Hall–Kier alpha value is -1.88. The number of nitrogens with two attached hydrogens (primary N) is 1. The highest BCUT2D eigenvalue weighted by Crippen LogP contribution is 2.13. The Morgan fingerprint density at radius 1 is 1.25 bits per heavy atom. The molecule has 20 heavy (non-hydrogen) atoms. The van der Waals surface area contributed by atoms with Crippen molar-refractivity contribution in [1.82, 2.24) is 0 Å². The lowest BCUT2D eigenvalue weighted by molar-refractivity contribution is -0.136. The van der Waals surface area contributed by atoms with E-state index in [1.165, 1.54) is 0 Å². The van der Waals surface area contributed by atoms with Crippen LogP contribution in [0.1, 0.15) is 31.7 Å². The molecule has 1 aromatic rings. The van der Waals surface area contributed by atoms with Crippen LogP contribution in [0.2, 0.25) is 0 Å². The molecule has 1 unspecified atom stereocenters. The van der Waals surface area contributed by atoms with Crippen LogP contribution in [0, 0.1) is 5.92 Å². The fraction of sp³-hybridized carbons (Fsp3) is 0.467. The molecule has 0 fully saturated rings. The number of anilines is 1. The number of benzene rings is 1. The molecule has 5 nitrogen and oxygen atoms in total. The van der Waals surface area contributed by atoms with Gasteiger partial charge in [0.2, 0.25) is 5.91 Å². The number of carboxylic acid groups (broad SMARTS) is 1. The Balaban J connectivity index is 2.40. The molecule has 0 aromatic heterocycles. The Morgan fingerprint density at radius 3 is 2.45 bits per heavy atom. The van der Waals surface area contributed by atoms with Gasteiger partial charge in [-0.25, -0.2) is 0 Å². The molecule has 1 rings (SSSR count). The van der Waals surface area contributed by atoms with E-state index in [0.29, 0.717) is 30.1 Å². The van der Waals surface area contributed by atoms with Crippen LogP contribution in [0.15, 0.2) is 24.3 Å². The van der Waals surface area contributed by atoms with E-state index in [1.807, 2.05) is 0 Å². The zero-order valence-corrected chi connectivity index (χ0v) is 11.8. The minimum Gasteiger partial charge on any atom is -0.481 e. The van der Waals surface area contributed by atoms with Crippen LogP contribution < -0.4 is 11.1 Å². The first-order valence-corrected chi connectivity index (χ1v) is 6.82. The summed E-state index contributed by atoms with van der Waals surface area (Å²) in [6, 6.07) is 6.86. The van der Waals surface area contributed by atoms with Gasteiger partial charge in [0.05, 0.1) is 6.42 Å². The number of carbonyl (C=O) groups is 2. The highest BCUT2D eigenvalue weighted by molar-refractivity contribution is 5.90. The SMILES string of the molecule is CC(CCN)CCC(=O)Nc1ccc(CC(=O)O)cc1. The van der Waals surface area contributed by atoms with Crippen LogP contribution in [0.4, 0.5) is 5.69 Å². The Morgan fingerprint density at radius 2 is 1.90 bits per heavy atom. The predicted molar refractivity (Wildman–Crippen MR) is 78.5 cm³/mol. The topological polar surface area (TPSA) is 92.4 Å². The number of aliphatic carboxylic acids is 1. The summed E-state index contributed by atoms with van der Waals surface area (Å²) >= 11 is 0. The quantitative estimate of drug-likeness (QED) is 0.678. The summed E-state index contributed by atoms with van der Waals surface area (Å²) in [5.41, 5.74) is 6.87. The summed E-state index contributed by atoms with van der Waals surface area (Å²) in [6.07, 6.45) is 2.21. The summed E-state index contributed by atoms with van der Waals surface area (Å²) < 4.78 is 0. The molecule has 1 amide bonds. The molecule has 1 aromatic carbocycles. The standard InChI is InChI=1S/C15H22N2O3/c1-11(8-9-16)2-7-14(18)17-13-5-3-12(4-6-13)10-15(19)20/h3-6,11H,2,7-10,16H2,1H3,(H,17,18)(H,19,20). The first-order chi connectivity index (χ1) is 9.51. The van der Waals surface area contributed by atoms with Crippen molar-refractivity contribution in [2.75, 3.05) is 11.9 Å². The van der Waals surface area contributed by atoms with E-state index in [2.05, 4.69) is 12.2 Å². The largest absolute Gasteiger partial charge is 0.481 e. The van der Waals surface area contributed by atoms with Crippen molar-refractivity contribution in [2.24, 2.45) is 11.7 Å². The second kappa shape index (κ2) is 8.32. The van der Waals surface area contributed by atoms with E-state index in [9.17, 15) is 9.59 Å². The molecular formula is C15H22N2O3. The van der Waals surface area contributed by atoms with Gasteiger partial charge >= 0.3 is 5.97 Å². The molecule has 0 saturated heterocycles. The van der Waals surface area contributed by atoms with Gasteiger partial charge < -0.3 is 16.2 Å². The van der Waals surface area contributed by atoms with Gasteiger partial charge in [0.1, 0.15) is 0 Å². The summed E-state index contributed by atoms with van der Waals surface area (Å²) in [5.74, 6) is -0.445. The third-order valence-electron chi connectivity index (χ3n) is 3.12. The second-order valence-corrected chi connectivity index (χ2v) is 5.04. The maximum absolute atomic E-state index is 11.7. The number of carbonyl (C=O) groups excluding carboxylic acids is 1. The number of rotatable bonds is 8. The molecular weight excluding hydrogens is 256 g/mol. The van der Waals surface area contributed by atoms with Crippen molar-refractivity contribution in [3.63, 3.8) is 0 Å². The normalized spacial score (nSPS) is 11.9. The van der Waals surface area contributed by atoms with Gasteiger partial charge in [-0.05, 0) is 43.0 Å². The van der Waals surface area contributed by atoms with E-state index in [1.54, 1.807) is 24.3 Å². The molecule has 0 aliphatic rings. The van der Waals surface area contributed by atoms with E-state index in [4.69, 9.17) is 10.8 Å². The lowest BCUT2D eigenvalue weighted by Crippen LogP contribution is -2.14. The van der Waals surface area contributed by atoms with Gasteiger partial charge in [-0.3, -0.25) is 9.59 Å². The van der Waals surface area contributed by atoms with Crippen LogP contribution in [0.3, 0.4) is 0 Å². The highest BCUT2D eigenvalue weighted by atomic mass is 16.4. The molecule has 0 heterocycles. The Labute approximate surface area is 119 Å². The van der Waals surface area contributed by atoms with Gasteiger partial charge in [0.15, 0.2) is 0 Å². The average Bonchev–Trinajstić information content (AvgIpc) is 2.38. The Bertz CT molecular complexity index is 443. The first-order valence-electron chi connectivity index (χ1n) is 6.82. The monoisotopic (exact) mass is 278 g/mol. The average molecular weight is 278 g/mol. The molecule has 110 valence electrons. The maximum Gasteiger partial charge on any atom is 0.307 e. The molecule has 0 saturated carbocycles. The van der Waals surface area contributed by atoms with Crippen molar-refractivity contribution in [3.8, 4) is 0 Å². The third kappa shape index (κ3) is 6.33. The zero-order chi connectivity index (χ0) is 15.0. The molecule has 0 aliphatic heterocycles. The van der Waals surface area contributed by atoms with Crippen LogP contribution in [-0.2, 0) is 16.0 Å². The van der Waals surface area contributed by atoms with E-state index < -0.39 is 5.97 Å². The predicted octanol–water partition coefficient (Wildman–Crippen LogP) is 2.02. The van der Waals surface area contributed by atoms with Gasteiger partial charge in [-0.1, -0.05) is 19.1 Å². The second-order valence-electron chi connectivity index (χ2n) is 5.04. The number of hydrogen-bond donors (Lipinski definition) is 3. The van der Waals surface area contributed by atoms with Crippen LogP contribution in [0.5, 0.6) is 0 Å². The van der Waals surface area contributed by atoms with E-state index >= 15 is 0 Å². The minimum atomic E-state index is -0.865. The van der Waals surface area contributed by atoms with Crippen LogP contribution >= 0.6 is 0 Å².